The normalized spacial score (nSPS) is 14.5. The van der Waals surface area contributed by atoms with E-state index in [-0.39, 0.29) is 12.1 Å². The summed E-state index contributed by atoms with van der Waals surface area (Å²) in [5, 5.41) is 0. The standard InChI is InChI=1S/C28H31FO4S/c1-5-8-20-17-25(27-31-13-14-32-27)34-24(20)16-19-12-11-18(15-23(19)29)21-9-6-7-10-22(21)26(30)33-28(2,3)4/h6-7,9-12,15,17,27H,5,8,13-14,16H2,1-4H3. The van der Waals surface area contributed by atoms with Crippen LogP contribution in [-0.4, -0.2) is 24.8 Å². The van der Waals surface area contributed by atoms with Crippen molar-refractivity contribution in [2.45, 2.75) is 58.8 Å². The van der Waals surface area contributed by atoms with Crippen molar-refractivity contribution in [1.29, 1.82) is 0 Å². The lowest BCUT2D eigenvalue weighted by molar-refractivity contribution is -0.0413. The van der Waals surface area contributed by atoms with Crippen LogP contribution in [-0.2, 0) is 27.1 Å². The highest BCUT2D eigenvalue weighted by Gasteiger charge is 2.24. The van der Waals surface area contributed by atoms with Crippen molar-refractivity contribution in [3.63, 3.8) is 0 Å². The summed E-state index contributed by atoms with van der Waals surface area (Å²) in [4.78, 5) is 14.9. The first kappa shape index (κ1) is 24.6. The Morgan fingerprint density at radius 2 is 1.82 bits per heavy atom. The van der Waals surface area contributed by atoms with E-state index in [4.69, 9.17) is 14.2 Å². The number of carbonyl (C=O) groups is 1. The maximum absolute atomic E-state index is 15.3. The molecule has 0 saturated carbocycles. The van der Waals surface area contributed by atoms with Crippen LogP contribution in [0.25, 0.3) is 11.1 Å². The van der Waals surface area contributed by atoms with Crippen molar-refractivity contribution in [1.82, 2.24) is 0 Å². The number of ether oxygens (including phenoxy) is 3. The van der Waals surface area contributed by atoms with Crippen LogP contribution in [0.3, 0.4) is 0 Å². The molecule has 1 fully saturated rings. The number of aryl methyl sites for hydroxylation is 1. The first-order valence-corrected chi connectivity index (χ1v) is 12.5. The van der Waals surface area contributed by atoms with Gasteiger partial charge in [-0.1, -0.05) is 43.7 Å². The molecule has 0 amide bonds. The zero-order valence-electron chi connectivity index (χ0n) is 20.2. The maximum atomic E-state index is 15.3. The molecule has 0 aliphatic carbocycles. The number of halogens is 1. The Kier molecular flexibility index (Phi) is 7.51. The molecule has 0 unspecified atom stereocenters. The Morgan fingerprint density at radius 3 is 2.50 bits per heavy atom. The van der Waals surface area contributed by atoms with Crippen LogP contribution < -0.4 is 0 Å². The van der Waals surface area contributed by atoms with Gasteiger partial charge in [0.15, 0.2) is 6.29 Å². The van der Waals surface area contributed by atoms with E-state index in [1.165, 1.54) is 11.6 Å². The van der Waals surface area contributed by atoms with Gasteiger partial charge in [-0.2, -0.15) is 0 Å². The van der Waals surface area contributed by atoms with Crippen LogP contribution in [0.4, 0.5) is 4.39 Å². The van der Waals surface area contributed by atoms with Gasteiger partial charge in [-0.3, -0.25) is 0 Å². The first-order chi connectivity index (χ1) is 16.2. The lowest BCUT2D eigenvalue weighted by Crippen LogP contribution is -2.24. The summed E-state index contributed by atoms with van der Waals surface area (Å²) in [6.45, 7) is 8.83. The minimum atomic E-state index is -0.608. The van der Waals surface area contributed by atoms with Gasteiger partial charge < -0.3 is 14.2 Å². The minimum absolute atomic E-state index is 0.290. The van der Waals surface area contributed by atoms with Gasteiger partial charge >= 0.3 is 5.97 Å². The van der Waals surface area contributed by atoms with Crippen molar-refractivity contribution in [2.75, 3.05) is 13.2 Å². The summed E-state index contributed by atoms with van der Waals surface area (Å²) in [7, 11) is 0. The molecule has 6 heteroatoms. The molecule has 0 radical (unpaired) electrons. The second-order valence-corrected chi connectivity index (χ2v) is 10.6. The quantitative estimate of drug-likeness (QED) is 0.337. The number of rotatable bonds is 7. The predicted molar refractivity (Wildman–Crippen MR) is 133 cm³/mol. The van der Waals surface area contributed by atoms with Gasteiger partial charge in [0.25, 0.3) is 0 Å². The third kappa shape index (κ3) is 5.74. The van der Waals surface area contributed by atoms with E-state index in [0.717, 1.165) is 22.6 Å². The zero-order chi connectivity index (χ0) is 24.3. The Hall–Kier alpha value is -2.54. The Balaban J connectivity index is 1.60. The molecular weight excluding hydrogens is 451 g/mol. The molecule has 1 aliphatic rings. The smallest absolute Gasteiger partial charge is 0.339 e. The molecule has 0 bridgehead atoms. The van der Waals surface area contributed by atoms with Crippen molar-refractivity contribution in [3.8, 4) is 11.1 Å². The summed E-state index contributed by atoms with van der Waals surface area (Å²) in [6.07, 6.45) is 2.14. The molecule has 3 aromatic rings. The van der Waals surface area contributed by atoms with E-state index in [1.807, 2.05) is 45.0 Å². The summed E-state index contributed by atoms with van der Waals surface area (Å²) in [5.74, 6) is -0.707. The van der Waals surface area contributed by atoms with Gasteiger partial charge in [0.2, 0.25) is 0 Å². The Bertz CT molecular complexity index is 1160. The zero-order valence-corrected chi connectivity index (χ0v) is 21.0. The summed E-state index contributed by atoms with van der Waals surface area (Å²) in [5.41, 5.74) is 2.97. The molecule has 1 aliphatic heterocycles. The molecule has 1 saturated heterocycles. The second-order valence-electron chi connectivity index (χ2n) is 9.45. The van der Waals surface area contributed by atoms with Crippen molar-refractivity contribution in [2.24, 2.45) is 0 Å². The maximum Gasteiger partial charge on any atom is 0.339 e. The van der Waals surface area contributed by atoms with Gasteiger partial charge in [-0.25, -0.2) is 9.18 Å². The molecule has 1 aromatic heterocycles. The molecule has 180 valence electrons. The number of carbonyl (C=O) groups excluding carboxylic acids is 1. The first-order valence-electron chi connectivity index (χ1n) is 11.7. The fraction of sp³-hybridized carbons (Fsp3) is 0.393. The van der Waals surface area contributed by atoms with Crippen LogP contribution in [0.15, 0.2) is 48.5 Å². The highest BCUT2D eigenvalue weighted by molar-refractivity contribution is 7.12. The van der Waals surface area contributed by atoms with E-state index >= 15 is 4.39 Å². The van der Waals surface area contributed by atoms with Crippen LogP contribution in [0, 0.1) is 5.82 Å². The van der Waals surface area contributed by atoms with E-state index in [9.17, 15) is 4.79 Å². The largest absolute Gasteiger partial charge is 0.456 e. The van der Waals surface area contributed by atoms with E-state index in [1.54, 1.807) is 23.5 Å². The lowest BCUT2D eigenvalue weighted by Gasteiger charge is -2.20. The van der Waals surface area contributed by atoms with Crippen LogP contribution in [0.1, 0.15) is 71.6 Å². The number of hydrogen-bond acceptors (Lipinski definition) is 5. The summed E-state index contributed by atoms with van der Waals surface area (Å²) >= 11 is 1.63. The molecule has 0 atom stereocenters. The fourth-order valence-electron chi connectivity index (χ4n) is 4.04. The van der Waals surface area contributed by atoms with E-state index in [2.05, 4.69) is 13.0 Å². The minimum Gasteiger partial charge on any atom is -0.456 e. The fourth-order valence-corrected chi connectivity index (χ4v) is 5.27. The SMILES string of the molecule is CCCc1cc(C2OCCO2)sc1Cc1ccc(-c2ccccc2C(=O)OC(C)(C)C)cc1F. The summed E-state index contributed by atoms with van der Waals surface area (Å²) in [6, 6.07) is 14.5. The molecule has 4 rings (SSSR count). The Morgan fingerprint density at radius 1 is 1.09 bits per heavy atom. The molecule has 2 heterocycles. The molecule has 0 spiro atoms. The van der Waals surface area contributed by atoms with Gasteiger partial charge in [0.1, 0.15) is 11.4 Å². The molecule has 4 nitrogen and oxygen atoms in total. The van der Waals surface area contributed by atoms with Gasteiger partial charge in [-0.05, 0) is 67.6 Å². The number of esters is 1. The highest BCUT2D eigenvalue weighted by Crippen LogP contribution is 2.35. The topological polar surface area (TPSA) is 44.8 Å². The van der Waals surface area contributed by atoms with Crippen LogP contribution in [0.5, 0.6) is 0 Å². The predicted octanol–water partition coefficient (Wildman–Crippen LogP) is 7.10. The van der Waals surface area contributed by atoms with Crippen molar-refractivity contribution >= 4 is 17.3 Å². The monoisotopic (exact) mass is 482 g/mol. The average molecular weight is 483 g/mol. The highest BCUT2D eigenvalue weighted by atomic mass is 32.1. The van der Waals surface area contributed by atoms with Gasteiger partial charge in [-0.15, -0.1) is 11.3 Å². The number of hydrogen-bond donors (Lipinski definition) is 0. The second kappa shape index (κ2) is 10.4. The van der Waals surface area contributed by atoms with Crippen LogP contribution >= 0.6 is 11.3 Å². The third-order valence-corrected chi connectivity index (χ3v) is 6.75. The molecular formula is C28H31FO4S. The summed E-state index contributed by atoms with van der Waals surface area (Å²) < 4.78 is 32.2. The molecule has 0 N–H and O–H groups in total. The average Bonchev–Trinajstić information content (AvgIpc) is 3.45. The van der Waals surface area contributed by atoms with E-state index < -0.39 is 11.6 Å². The van der Waals surface area contributed by atoms with Gasteiger partial charge in [0.05, 0.1) is 23.7 Å². The third-order valence-electron chi connectivity index (χ3n) is 5.55. The number of benzene rings is 2. The van der Waals surface area contributed by atoms with E-state index in [0.29, 0.717) is 41.9 Å². The molecule has 34 heavy (non-hydrogen) atoms. The van der Waals surface area contributed by atoms with Crippen LogP contribution in [0.2, 0.25) is 0 Å². The lowest BCUT2D eigenvalue weighted by atomic mass is 9.97. The number of thiophene rings is 1. The Labute approximate surface area is 204 Å². The van der Waals surface area contributed by atoms with Crippen molar-refractivity contribution in [3.05, 3.63) is 80.8 Å². The van der Waals surface area contributed by atoms with Gasteiger partial charge in [0, 0.05) is 11.3 Å². The molecule has 2 aromatic carbocycles. The van der Waals surface area contributed by atoms with Crippen molar-refractivity contribution < 1.29 is 23.4 Å².